The lowest BCUT2D eigenvalue weighted by atomic mass is 10.2. The molecule has 19 heavy (non-hydrogen) atoms. The van der Waals surface area contributed by atoms with Crippen LogP contribution in [-0.2, 0) is 0 Å². The molecule has 1 heterocycles. The zero-order chi connectivity index (χ0) is 14.2. The molecule has 100 valence electrons. The molecule has 6 heteroatoms. The van der Waals surface area contributed by atoms with Gasteiger partial charge in [0.25, 0.3) is 6.43 Å². The number of carboxylic acid groups (broad SMARTS) is 1. The topological polar surface area (TPSA) is 55.1 Å². The Morgan fingerprint density at radius 2 is 1.84 bits per heavy atom. The first-order valence-electron chi connectivity index (χ1n) is 5.60. The van der Waals surface area contributed by atoms with Gasteiger partial charge in [-0.25, -0.2) is 18.3 Å². The maximum absolute atomic E-state index is 12.5. The van der Waals surface area contributed by atoms with E-state index in [1.165, 1.54) is 28.9 Å². The van der Waals surface area contributed by atoms with Gasteiger partial charge in [0.1, 0.15) is 5.56 Å². The van der Waals surface area contributed by atoms with Gasteiger partial charge in [-0.1, -0.05) is 12.1 Å². The van der Waals surface area contributed by atoms with E-state index in [0.29, 0.717) is 17.1 Å². The molecule has 0 amide bonds. The van der Waals surface area contributed by atoms with Gasteiger partial charge in [0, 0.05) is 5.56 Å². The van der Waals surface area contributed by atoms with Crippen LogP contribution in [0.5, 0.6) is 0 Å². The molecule has 0 aliphatic heterocycles. The molecule has 1 aromatic heterocycles. The minimum atomic E-state index is -2.52. The standard InChI is InChI=1S/C13H12F2N2O2/c1-7-11(13(18)19)8(2)17(16-7)10-5-3-9(4-6-10)12(14)15/h3-6,12H,1-2H3,(H,18,19). The Bertz CT molecular complexity index is 618. The third-order valence-electron chi connectivity index (χ3n) is 2.89. The highest BCUT2D eigenvalue weighted by atomic mass is 19.3. The lowest BCUT2D eigenvalue weighted by molar-refractivity contribution is 0.0695. The van der Waals surface area contributed by atoms with Gasteiger partial charge in [-0.3, -0.25) is 0 Å². The fraction of sp³-hybridized carbons (Fsp3) is 0.231. The number of aromatic carboxylic acids is 1. The van der Waals surface area contributed by atoms with Crippen LogP contribution >= 0.6 is 0 Å². The van der Waals surface area contributed by atoms with Crippen molar-refractivity contribution < 1.29 is 18.7 Å². The fourth-order valence-corrected chi connectivity index (χ4v) is 1.96. The van der Waals surface area contributed by atoms with E-state index >= 15 is 0 Å². The van der Waals surface area contributed by atoms with Crippen LogP contribution < -0.4 is 0 Å². The van der Waals surface area contributed by atoms with Crippen LogP contribution in [-0.4, -0.2) is 20.9 Å². The number of nitrogens with zero attached hydrogens (tertiary/aromatic N) is 2. The zero-order valence-electron chi connectivity index (χ0n) is 10.4. The van der Waals surface area contributed by atoms with Crippen molar-refractivity contribution in [1.82, 2.24) is 9.78 Å². The largest absolute Gasteiger partial charge is 0.478 e. The molecular weight excluding hydrogens is 254 g/mol. The summed E-state index contributed by atoms with van der Waals surface area (Å²) in [6, 6.07) is 5.59. The third-order valence-corrected chi connectivity index (χ3v) is 2.89. The molecule has 0 fully saturated rings. The van der Waals surface area contributed by atoms with E-state index < -0.39 is 12.4 Å². The van der Waals surface area contributed by atoms with Crippen molar-refractivity contribution in [3.8, 4) is 5.69 Å². The van der Waals surface area contributed by atoms with Crippen LogP contribution in [0.25, 0.3) is 5.69 Å². The monoisotopic (exact) mass is 266 g/mol. The maximum Gasteiger partial charge on any atom is 0.339 e. The first kappa shape index (κ1) is 13.2. The maximum atomic E-state index is 12.5. The molecule has 0 aliphatic rings. The molecule has 1 aromatic carbocycles. The highest BCUT2D eigenvalue weighted by Crippen LogP contribution is 2.22. The predicted octanol–water partition coefficient (Wildman–Crippen LogP) is 3.12. The second kappa shape index (κ2) is 4.79. The van der Waals surface area contributed by atoms with E-state index in [0.717, 1.165) is 0 Å². The van der Waals surface area contributed by atoms with E-state index in [1.54, 1.807) is 13.8 Å². The molecule has 0 saturated heterocycles. The minimum absolute atomic E-state index is 0.0799. The SMILES string of the molecule is Cc1nn(-c2ccc(C(F)F)cc2)c(C)c1C(=O)O. The lowest BCUT2D eigenvalue weighted by Crippen LogP contribution is -2.02. The zero-order valence-corrected chi connectivity index (χ0v) is 10.4. The molecule has 0 unspecified atom stereocenters. The van der Waals surface area contributed by atoms with Crippen molar-refractivity contribution >= 4 is 5.97 Å². The summed E-state index contributed by atoms with van der Waals surface area (Å²) in [4.78, 5) is 11.1. The van der Waals surface area contributed by atoms with Crippen LogP contribution in [0.1, 0.15) is 33.7 Å². The lowest BCUT2D eigenvalue weighted by Gasteiger charge is -2.06. The molecule has 0 spiro atoms. The van der Waals surface area contributed by atoms with E-state index in [2.05, 4.69) is 5.10 Å². The van der Waals surface area contributed by atoms with Crippen LogP contribution in [0.3, 0.4) is 0 Å². The fourth-order valence-electron chi connectivity index (χ4n) is 1.96. The Kier molecular flexibility index (Phi) is 3.33. The summed E-state index contributed by atoms with van der Waals surface area (Å²) in [6.07, 6.45) is -2.52. The van der Waals surface area contributed by atoms with Gasteiger partial charge in [-0.15, -0.1) is 0 Å². The number of hydrogen-bond acceptors (Lipinski definition) is 2. The molecule has 0 aliphatic carbocycles. The number of aromatic nitrogens is 2. The Morgan fingerprint density at radius 1 is 1.26 bits per heavy atom. The Balaban J connectivity index is 2.48. The summed E-state index contributed by atoms with van der Waals surface area (Å²) in [5, 5.41) is 13.2. The van der Waals surface area contributed by atoms with Crippen molar-refractivity contribution in [1.29, 1.82) is 0 Å². The number of hydrogen-bond donors (Lipinski definition) is 1. The normalized spacial score (nSPS) is 11.0. The van der Waals surface area contributed by atoms with Gasteiger partial charge in [0.15, 0.2) is 0 Å². The smallest absolute Gasteiger partial charge is 0.339 e. The molecule has 0 atom stereocenters. The number of aryl methyl sites for hydroxylation is 1. The Hall–Kier alpha value is -2.24. The quantitative estimate of drug-likeness (QED) is 0.928. The predicted molar refractivity (Wildman–Crippen MR) is 65.0 cm³/mol. The number of halogens is 2. The van der Waals surface area contributed by atoms with Crippen molar-refractivity contribution in [2.45, 2.75) is 20.3 Å². The highest BCUT2D eigenvalue weighted by Gasteiger charge is 2.18. The third kappa shape index (κ3) is 2.33. The summed E-state index contributed by atoms with van der Waals surface area (Å²) in [6.45, 7) is 3.23. The molecule has 2 aromatic rings. The van der Waals surface area contributed by atoms with Gasteiger partial charge in [0.05, 0.1) is 17.1 Å². The van der Waals surface area contributed by atoms with E-state index in [4.69, 9.17) is 5.11 Å². The molecular formula is C13H12F2N2O2. The minimum Gasteiger partial charge on any atom is -0.478 e. The van der Waals surface area contributed by atoms with Gasteiger partial charge in [0.2, 0.25) is 0 Å². The van der Waals surface area contributed by atoms with E-state index in [-0.39, 0.29) is 11.1 Å². The van der Waals surface area contributed by atoms with E-state index in [1.807, 2.05) is 0 Å². The first-order chi connectivity index (χ1) is 8.91. The molecule has 0 radical (unpaired) electrons. The molecule has 1 N–H and O–H groups in total. The number of rotatable bonds is 3. The molecule has 0 bridgehead atoms. The Labute approximate surface area is 108 Å². The average Bonchev–Trinajstić information content (AvgIpc) is 2.65. The van der Waals surface area contributed by atoms with Crippen LogP contribution in [0.2, 0.25) is 0 Å². The number of carbonyl (C=O) groups is 1. The number of benzene rings is 1. The van der Waals surface area contributed by atoms with Crippen LogP contribution in [0.4, 0.5) is 8.78 Å². The Morgan fingerprint density at radius 3 is 2.26 bits per heavy atom. The molecule has 2 rings (SSSR count). The summed E-state index contributed by atoms with van der Waals surface area (Å²) >= 11 is 0. The number of carboxylic acids is 1. The van der Waals surface area contributed by atoms with E-state index in [9.17, 15) is 13.6 Å². The van der Waals surface area contributed by atoms with Crippen molar-refractivity contribution in [2.24, 2.45) is 0 Å². The van der Waals surface area contributed by atoms with Gasteiger partial charge in [-0.05, 0) is 26.0 Å². The van der Waals surface area contributed by atoms with Crippen molar-refractivity contribution in [3.63, 3.8) is 0 Å². The second-order valence-corrected chi connectivity index (χ2v) is 4.16. The van der Waals surface area contributed by atoms with Crippen LogP contribution in [0.15, 0.2) is 24.3 Å². The summed E-state index contributed by atoms with van der Waals surface area (Å²) < 4.78 is 26.3. The summed E-state index contributed by atoms with van der Waals surface area (Å²) in [5.74, 6) is -1.05. The summed E-state index contributed by atoms with van der Waals surface area (Å²) in [5.41, 5.74) is 1.47. The van der Waals surface area contributed by atoms with Crippen molar-refractivity contribution in [2.75, 3.05) is 0 Å². The first-order valence-corrected chi connectivity index (χ1v) is 5.60. The van der Waals surface area contributed by atoms with Gasteiger partial charge < -0.3 is 5.11 Å². The molecule has 4 nitrogen and oxygen atoms in total. The summed E-state index contributed by atoms with van der Waals surface area (Å²) in [7, 11) is 0. The van der Waals surface area contributed by atoms with Gasteiger partial charge in [-0.2, -0.15) is 5.10 Å². The number of alkyl halides is 2. The van der Waals surface area contributed by atoms with Crippen molar-refractivity contribution in [3.05, 3.63) is 46.8 Å². The molecule has 0 saturated carbocycles. The average molecular weight is 266 g/mol. The highest BCUT2D eigenvalue weighted by molar-refractivity contribution is 5.90. The van der Waals surface area contributed by atoms with Crippen LogP contribution in [0, 0.1) is 13.8 Å². The second-order valence-electron chi connectivity index (χ2n) is 4.16. The van der Waals surface area contributed by atoms with Gasteiger partial charge >= 0.3 is 5.97 Å².